The number of benzene rings is 1. The van der Waals surface area contributed by atoms with Gasteiger partial charge in [-0.1, -0.05) is 37.5 Å². The number of fused-ring (bicyclic) bond motifs is 1. The van der Waals surface area contributed by atoms with E-state index in [9.17, 15) is 9.59 Å². The van der Waals surface area contributed by atoms with E-state index >= 15 is 0 Å². The third-order valence-electron chi connectivity index (χ3n) is 6.69. The lowest BCUT2D eigenvalue weighted by molar-refractivity contribution is -0.150. The molecule has 5 rings (SSSR count). The van der Waals surface area contributed by atoms with Crippen LogP contribution >= 0.6 is 0 Å². The first-order chi connectivity index (χ1) is 17.6. The third-order valence-corrected chi connectivity index (χ3v) is 6.69. The summed E-state index contributed by atoms with van der Waals surface area (Å²) < 4.78 is 17.8. The number of nitrogens with zero attached hydrogens (tertiary/aromatic N) is 2. The highest BCUT2D eigenvalue weighted by atomic mass is 16.6. The Morgan fingerprint density at radius 2 is 1.86 bits per heavy atom. The fourth-order valence-corrected chi connectivity index (χ4v) is 4.86. The minimum Gasteiger partial charge on any atom is -0.485 e. The Bertz CT molecular complexity index is 1190. The van der Waals surface area contributed by atoms with Gasteiger partial charge in [-0.3, -0.25) is 14.6 Å². The van der Waals surface area contributed by atoms with Crippen molar-refractivity contribution in [3.63, 3.8) is 0 Å². The lowest BCUT2D eigenvalue weighted by atomic mass is 9.95. The number of amides is 2. The van der Waals surface area contributed by atoms with Crippen LogP contribution in [0.5, 0.6) is 11.5 Å². The molecular weight excluding hydrogens is 458 g/mol. The van der Waals surface area contributed by atoms with Crippen molar-refractivity contribution in [1.29, 1.82) is 0 Å². The third kappa shape index (κ3) is 5.37. The molecule has 36 heavy (non-hydrogen) atoms. The van der Waals surface area contributed by atoms with Crippen molar-refractivity contribution in [3.05, 3.63) is 78.0 Å². The summed E-state index contributed by atoms with van der Waals surface area (Å²) in [7, 11) is 0. The van der Waals surface area contributed by atoms with Crippen molar-refractivity contribution in [2.75, 3.05) is 6.61 Å². The van der Waals surface area contributed by atoms with Crippen LogP contribution in [0.2, 0.25) is 0 Å². The first-order valence-electron chi connectivity index (χ1n) is 12.5. The average Bonchev–Trinajstić information content (AvgIpc) is 3.34. The van der Waals surface area contributed by atoms with E-state index in [1.807, 2.05) is 31.2 Å². The van der Waals surface area contributed by atoms with Crippen molar-refractivity contribution in [2.24, 2.45) is 0 Å². The van der Waals surface area contributed by atoms with E-state index < -0.39 is 12.1 Å². The van der Waals surface area contributed by atoms with E-state index in [1.54, 1.807) is 36.7 Å². The zero-order valence-electron chi connectivity index (χ0n) is 20.4. The molecule has 1 N–H and O–H groups in total. The molecule has 2 aliphatic rings. The van der Waals surface area contributed by atoms with Crippen LogP contribution in [0, 0.1) is 6.92 Å². The molecule has 3 aromatic rings. The number of ether oxygens (including phenoxy) is 2. The van der Waals surface area contributed by atoms with Gasteiger partial charge in [0, 0.05) is 25.0 Å². The molecule has 1 saturated carbocycles. The molecule has 8 nitrogen and oxygen atoms in total. The first-order valence-corrected chi connectivity index (χ1v) is 12.5. The summed E-state index contributed by atoms with van der Waals surface area (Å²) in [4.78, 5) is 33.5. The van der Waals surface area contributed by atoms with Gasteiger partial charge in [0.2, 0.25) is 6.10 Å². The molecule has 0 unspecified atom stereocenters. The number of hydrogen-bond donors (Lipinski definition) is 1. The van der Waals surface area contributed by atoms with Crippen LogP contribution < -0.4 is 14.8 Å². The maximum atomic E-state index is 14.0. The van der Waals surface area contributed by atoms with Crippen LogP contribution in [-0.2, 0) is 16.1 Å². The quantitative estimate of drug-likeness (QED) is 0.531. The number of nitrogens with one attached hydrogen (secondary N) is 1. The largest absolute Gasteiger partial charge is 0.485 e. The van der Waals surface area contributed by atoms with Crippen LogP contribution in [0.25, 0.3) is 0 Å². The zero-order valence-corrected chi connectivity index (χ0v) is 20.4. The summed E-state index contributed by atoms with van der Waals surface area (Å²) in [5.74, 6) is 1.56. The fourth-order valence-electron chi connectivity index (χ4n) is 4.86. The zero-order chi connectivity index (χ0) is 24.9. The molecule has 1 aromatic carbocycles. The Hall–Kier alpha value is -3.81. The van der Waals surface area contributed by atoms with Gasteiger partial charge in [-0.05, 0) is 55.7 Å². The number of rotatable bonds is 7. The second kappa shape index (κ2) is 10.8. The second-order valence-electron chi connectivity index (χ2n) is 9.39. The Kier molecular flexibility index (Phi) is 7.21. The molecule has 1 aliphatic heterocycles. The van der Waals surface area contributed by atoms with Gasteiger partial charge in [-0.15, -0.1) is 0 Å². The molecule has 1 fully saturated rings. The maximum Gasteiger partial charge on any atom is 0.268 e. The van der Waals surface area contributed by atoms with Crippen molar-refractivity contribution < 1.29 is 23.5 Å². The van der Waals surface area contributed by atoms with Gasteiger partial charge in [0.15, 0.2) is 17.5 Å². The van der Waals surface area contributed by atoms with Crippen LogP contribution in [0.15, 0.2) is 65.3 Å². The maximum absolute atomic E-state index is 14.0. The number of aromatic nitrogens is 1. The summed E-state index contributed by atoms with van der Waals surface area (Å²) >= 11 is 0. The van der Waals surface area contributed by atoms with E-state index in [1.165, 1.54) is 11.3 Å². The number of aryl methyl sites for hydroxylation is 1. The van der Waals surface area contributed by atoms with E-state index in [-0.39, 0.29) is 31.0 Å². The van der Waals surface area contributed by atoms with Crippen molar-refractivity contribution in [2.45, 2.75) is 63.8 Å². The molecule has 0 saturated heterocycles. The smallest absolute Gasteiger partial charge is 0.268 e. The molecule has 1 aliphatic carbocycles. The number of para-hydroxylation sites is 2. The lowest BCUT2D eigenvalue weighted by Gasteiger charge is -2.35. The molecule has 2 aromatic heterocycles. The molecule has 0 radical (unpaired) electrons. The number of carbonyl (C=O) groups excluding carboxylic acids is 2. The van der Waals surface area contributed by atoms with Crippen molar-refractivity contribution in [1.82, 2.24) is 15.2 Å². The van der Waals surface area contributed by atoms with Crippen molar-refractivity contribution >= 4 is 11.8 Å². The number of furan rings is 1. The summed E-state index contributed by atoms with van der Waals surface area (Å²) in [6.45, 7) is 2.03. The highest BCUT2D eigenvalue weighted by molar-refractivity contribution is 5.90. The van der Waals surface area contributed by atoms with E-state index in [2.05, 4.69) is 10.3 Å². The lowest BCUT2D eigenvalue weighted by Crippen LogP contribution is -2.52. The molecule has 3 heterocycles. The summed E-state index contributed by atoms with van der Waals surface area (Å²) in [6.07, 6.45) is 7.67. The summed E-state index contributed by atoms with van der Waals surface area (Å²) in [6, 6.07) is 13.6. The Morgan fingerprint density at radius 1 is 1.06 bits per heavy atom. The Morgan fingerprint density at radius 3 is 2.58 bits per heavy atom. The van der Waals surface area contributed by atoms with Crippen LogP contribution in [0.4, 0.5) is 0 Å². The predicted molar refractivity (Wildman–Crippen MR) is 132 cm³/mol. The monoisotopic (exact) mass is 489 g/mol. The highest BCUT2D eigenvalue weighted by Gasteiger charge is 2.40. The van der Waals surface area contributed by atoms with E-state index in [4.69, 9.17) is 13.9 Å². The number of carbonyl (C=O) groups is 2. The van der Waals surface area contributed by atoms with Crippen molar-refractivity contribution in [3.8, 4) is 11.5 Å². The standard InChI is InChI=1S/C28H31N3O5/c1-19-13-14-24(35-19)26(27(32)30-21-9-3-2-4-10-21)31(17-20-8-7-15-29-16-20)28(33)25-18-34-22-11-5-6-12-23(22)36-25/h5-8,11-16,21,25-26H,2-4,9-10,17-18H2,1H3,(H,30,32)/t25-,26+/m1/s1. The van der Waals surface area contributed by atoms with Gasteiger partial charge in [-0.2, -0.15) is 0 Å². The van der Waals surface area contributed by atoms with Gasteiger partial charge in [0.1, 0.15) is 18.1 Å². The minimum absolute atomic E-state index is 0.0491. The van der Waals surface area contributed by atoms with Gasteiger partial charge in [0.05, 0.1) is 0 Å². The number of pyridine rings is 1. The van der Waals surface area contributed by atoms with Crippen LogP contribution in [0.3, 0.4) is 0 Å². The molecule has 2 atom stereocenters. The average molecular weight is 490 g/mol. The Labute approximate surface area is 210 Å². The minimum atomic E-state index is -0.964. The summed E-state index contributed by atoms with van der Waals surface area (Å²) in [5.41, 5.74) is 0.793. The Balaban J connectivity index is 1.47. The van der Waals surface area contributed by atoms with E-state index in [0.717, 1.165) is 31.2 Å². The molecule has 8 heteroatoms. The van der Waals surface area contributed by atoms with Gasteiger partial charge < -0.3 is 24.1 Å². The van der Waals surface area contributed by atoms with Gasteiger partial charge in [-0.25, -0.2) is 0 Å². The van der Waals surface area contributed by atoms with Crippen LogP contribution in [-0.4, -0.2) is 40.5 Å². The van der Waals surface area contributed by atoms with E-state index in [0.29, 0.717) is 23.0 Å². The summed E-state index contributed by atoms with van der Waals surface area (Å²) in [5, 5.41) is 3.19. The highest BCUT2D eigenvalue weighted by Crippen LogP contribution is 2.33. The van der Waals surface area contributed by atoms with Crippen LogP contribution in [0.1, 0.15) is 55.2 Å². The molecule has 0 spiro atoms. The SMILES string of the molecule is Cc1ccc([C@@H](C(=O)NC2CCCCC2)N(Cc2cccnc2)C(=O)[C@H]2COc3ccccc3O2)o1. The number of hydrogen-bond acceptors (Lipinski definition) is 6. The fraction of sp³-hybridized carbons (Fsp3) is 0.393. The normalized spacial score (nSPS) is 18.3. The van der Waals surface area contributed by atoms with Gasteiger partial charge in [0.25, 0.3) is 11.8 Å². The second-order valence-corrected chi connectivity index (χ2v) is 9.39. The molecule has 188 valence electrons. The topological polar surface area (TPSA) is 93.9 Å². The van der Waals surface area contributed by atoms with Gasteiger partial charge >= 0.3 is 0 Å². The molecule has 0 bridgehead atoms. The first kappa shape index (κ1) is 23.9. The predicted octanol–water partition coefficient (Wildman–Crippen LogP) is 4.34. The molecule has 2 amide bonds. The molecular formula is C28H31N3O5.